The molecule has 4 aromatic rings. The van der Waals surface area contributed by atoms with Crippen LogP contribution in [0.3, 0.4) is 0 Å². The van der Waals surface area contributed by atoms with Gasteiger partial charge in [0.1, 0.15) is 12.1 Å². The largest absolute Gasteiger partial charge is 0.443 e. The molecule has 150 valence electrons. The molecule has 8 heteroatoms. The van der Waals surface area contributed by atoms with Gasteiger partial charge < -0.3 is 19.6 Å². The van der Waals surface area contributed by atoms with Gasteiger partial charge in [0.25, 0.3) is 0 Å². The van der Waals surface area contributed by atoms with Crippen molar-refractivity contribution in [1.29, 1.82) is 0 Å². The predicted molar refractivity (Wildman–Crippen MR) is 117 cm³/mol. The molecule has 0 aliphatic rings. The summed E-state index contributed by atoms with van der Waals surface area (Å²) >= 11 is 1.61. The number of aromatic nitrogens is 3. The quantitative estimate of drug-likeness (QED) is 0.276. The number of oxazole rings is 1. The van der Waals surface area contributed by atoms with E-state index >= 15 is 0 Å². The zero-order valence-corrected chi connectivity index (χ0v) is 17.4. The second-order valence-corrected chi connectivity index (χ2v) is 7.57. The highest BCUT2D eigenvalue weighted by atomic mass is 32.1. The first kappa shape index (κ1) is 19.2. The summed E-state index contributed by atoms with van der Waals surface area (Å²) in [5, 5.41) is 8.64. The summed E-state index contributed by atoms with van der Waals surface area (Å²) < 4.78 is 7.81. The number of guanidine groups is 1. The Morgan fingerprint density at radius 2 is 2.07 bits per heavy atom. The average Bonchev–Trinajstić information content (AvgIpc) is 3.47. The van der Waals surface area contributed by atoms with Gasteiger partial charge in [0.05, 0.1) is 28.1 Å². The molecule has 1 aromatic carbocycles. The zero-order chi connectivity index (χ0) is 20.1. The summed E-state index contributed by atoms with van der Waals surface area (Å²) in [5.74, 6) is 2.45. The van der Waals surface area contributed by atoms with Gasteiger partial charge in [-0.2, -0.15) is 0 Å². The molecule has 0 radical (unpaired) electrons. The highest BCUT2D eigenvalue weighted by molar-refractivity contribution is 7.13. The van der Waals surface area contributed by atoms with E-state index in [4.69, 9.17) is 4.42 Å². The smallest absolute Gasteiger partial charge is 0.236 e. The SMILES string of the molecule is CN=C(NCCCn1c(C)nc2ccccc21)NCc1coc(-c2cccs2)n1. The fourth-order valence-corrected chi connectivity index (χ4v) is 3.87. The lowest BCUT2D eigenvalue weighted by Gasteiger charge is -2.12. The van der Waals surface area contributed by atoms with Crippen molar-refractivity contribution < 1.29 is 4.42 Å². The lowest BCUT2D eigenvalue weighted by atomic mass is 10.3. The molecule has 0 bridgehead atoms. The number of para-hydroxylation sites is 2. The molecule has 2 N–H and O–H groups in total. The van der Waals surface area contributed by atoms with Gasteiger partial charge >= 0.3 is 0 Å². The van der Waals surface area contributed by atoms with Crippen molar-refractivity contribution in [2.45, 2.75) is 26.4 Å². The molecular formula is C21H24N6OS. The Bertz CT molecular complexity index is 1100. The number of rotatable bonds is 7. The van der Waals surface area contributed by atoms with Crippen LogP contribution in [0, 0.1) is 6.92 Å². The van der Waals surface area contributed by atoms with Crippen LogP contribution in [0.25, 0.3) is 21.8 Å². The normalized spacial score (nSPS) is 11.9. The summed E-state index contributed by atoms with van der Waals surface area (Å²) in [6.45, 7) is 4.32. The third-order valence-electron chi connectivity index (χ3n) is 4.64. The first-order valence-corrected chi connectivity index (χ1v) is 10.5. The van der Waals surface area contributed by atoms with Crippen molar-refractivity contribution >= 4 is 28.3 Å². The number of imidazole rings is 1. The Balaban J connectivity index is 1.25. The van der Waals surface area contributed by atoms with E-state index in [1.165, 1.54) is 5.52 Å². The van der Waals surface area contributed by atoms with Gasteiger partial charge in [-0.3, -0.25) is 4.99 Å². The van der Waals surface area contributed by atoms with Crippen LogP contribution in [0.15, 0.2) is 57.5 Å². The summed E-state index contributed by atoms with van der Waals surface area (Å²) in [6.07, 6.45) is 2.65. The van der Waals surface area contributed by atoms with Crippen LogP contribution in [0.2, 0.25) is 0 Å². The van der Waals surface area contributed by atoms with E-state index in [1.54, 1.807) is 24.6 Å². The van der Waals surface area contributed by atoms with Gasteiger partial charge in [-0.1, -0.05) is 18.2 Å². The molecule has 3 heterocycles. The van der Waals surface area contributed by atoms with E-state index in [1.807, 2.05) is 23.6 Å². The molecule has 0 saturated heterocycles. The molecular weight excluding hydrogens is 384 g/mol. The average molecular weight is 409 g/mol. The maximum atomic E-state index is 5.55. The Morgan fingerprint density at radius 3 is 2.90 bits per heavy atom. The maximum Gasteiger partial charge on any atom is 0.236 e. The topological polar surface area (TPSA) is 80.3 Å². The number of nitrogens with zero attached hydrogens (tertiary/aromatic N) is 4. The Hall–Kier alpha value is -3.13. The third kappa shape index (κ3) is 4.48. The molecule has 0 atom stereocenters. The van der Waals surface area contributed by atoms with Crippen molar-refractivity contribution in [1.82, 2.24) is 25.2 Å². The monoisotopic (exact) mass is 408 g/mol. The minimum Gasteiger partial charge on any atom is -0.443 e. The molecule has 4 rings (SSSR count). The molecule has 0 aliphatic heterocycles. The Kier molecular flexibility index (Phi) is 5.90. The molecule has 7 nitrogen and oxygen atoms in total. The fraction of sp³-hybridized carbons (Fsp3) is 0.286. The summed E-state index contributed by atoms with van der Waals surface area (Å²) in [4.78, 5) is 14.4. The summed E-state index contributed by atoms with van der Waals surface area (Å²) in [5.41, 5.74) is 3.07. The minimum absolute atomic E-state index is 0.555. The number of aryl methyl sites for hydroxylation is 2. The Labute approximate surface area is 173 Å². The van der Waals surface area contributed by atoms with Crippen LogP contribution < -0.4 is 10.6 Å². The molecule has 0 amide bonds. The molecule has 0 fully saturated rings. The lowest BCUT2D eigenvalue weighted by molar-refractivity contribution is 0.573. The number of hydrogen-bond donors (Lipinski definition) is 2. The van der Waals surface area contributed by atoms with Crippen molar-refractivity contribution in [2.24, 2.45) is 4.99 Å². The number of nitrogens with one attached hydrogen (secondary N) is 2. The predicted octanol–water partition coefficient (Wildman–Crippen LogP) is 3.82. The van der Waals surface area contributed by atoms with Crippen molar-refractivity contribution in [3.8, 4) is 10.8 Å². The standard InChI is InChI=1S/C21H24N6OS/c1-15-25-17-7-3-4-8-18(17)27(15)11-6-10-23-21(22-2)24-13-16-14-28-20(26-16)19-9-5-12-29-19/h3-5,7-9,12,14H,6,10-11,13H2,1-2H3,(H2,22,23,24). The van der Waals surface area contributed by atoms with Crippen LogP contribution in [0.4, 0.5) is 0 Å². The van der Waals surface area contributed by atoms with Gasteiger partial charge in [-0.05, 0) is 36.9 Å². The van der Waals surface area contributed by atoms with E-state index in [-0.39, 0.29) is 0 Å². The number of aliphatic imine (C=N–C) groups is 1. The van der Waals surface area contributed by atoms with E-state index in [9.17, 15) is 0 Å². The van der Waals surface area contributed by atoms with Crippen LogP contribution in [-0.2, 0) is 13.1 Å². The van der Waals surface area contributed by atoms with Crippen LogP contribution in [0.1, 0.15) is 17.9 Å². The fourth-order valence-electron chi connectivity index (χ4n) is 3.22. The second-order valence-electron chi connectivity index (χ2n) is 6.63. The van der Waals surface area contributed by atoms with Gasteiger partial charge in [0, 0.05) is 20.1 Å². The van der Waals surface area contributed by atoms with E-state index < -0.39 is 0 Å². The molecule has 0 saturated carbocycles. The molecule has 0 spiro atoms. The molecule has 3 aromatic heterocycles. The lowest BCUT2D eigenvalue weighted by Crippen LogP contribution is -2.37. The highest BCUT2D eigenvalue weighted by Gasteiger charge is 2.09. The van der Waals surface area contributed by atoms with Crippen LogP contribution in [0.5, 0.6) is 0 Å². The van der Waals surface area contributed by atoms with Crippen molar-refractivity contribution in [3.05, 3.63) is 59.6 Å². The number of benzene rings is 1. The zero-order valence-electron chi connectivity index (χ0n) is 16.6. The van der Waals surface area contributed by atoms with E-state index in [0.29, 0.717) is 12.4 Å². The minimum atomic E-state index is 0.555. The van der Waals surface area contributed by atoms with Gasteiger partial charge in [-0.15, -0.1) is 11.3 Å². The molecule has 29 heavy (non-hydrogen) atoms. The van der Waals surface area contributed by atoms with Gasteiger partial charge in [0.15, 0.2) is 5.96 Å². The van der Waals surface area contributed by atoms with Crippen LogP contribution in [-0.4, -0.2) is 34.1 Å². The van der Waals surface area contributed by atoms with Crippen molar-refractivity contribution in [2.75, 3.05) is 13.6 Å². The molecule has 0 aliphatic carbocycles. The van der Waals surface area contributed by atoms with E-state index in [0.717, 1.165) is 47.4 Å². The first-order chi connectivity index (χ1) is 14.2. The number of fused-ring (bicyclic) bond motifs is 1. The van der Waals surface area contributed by atoms with Crippen LogP contribution >= 0.6 is 11.3 Å². The first-order valence-electron chi connectivity index (χ1n) is 9.59. The number of hydrogen-bond acceptors (Lipinski definition) is 5. The third-order valence-corrected chi connectivity index (χ3v) is 5.50. The molecule has 0 unspecified atom stereocenters. The Morgan fingerprint density at radius 1 is 1.17 bits per heavy atom. The van der Waals surface area contributed by atoms with Gasteiger partial charge in [-0.25, -0.2) is 9.97 Å². The number of thiophene rings is 1. The summed E-state index contributed by atoms with van der Waals surface area (Å²) in [6, 6.07) is 12.2. The van der Waals surface area contributed by atoms with Gasteiger partial charge in [0.2, 0.25) is 5.89 Å². The summed E-state index contributed by atoms with van der Waals surface area (Å²) in [7, 11) is 1.77. The van der Waals surface area contributed by atoms with Crippen molar-refractivity contribution in [3.63, 3.8) is 0 Å². The maximum absolute atomic E-state index is 5.55. The van der Waals surface area contributed by atoms with E-state index in [2.05, 4.69) is 55.3 Å². The highest BCUT2D eigenvalue weighted by Crippen LogP contribution is 2.23. The second kappa shape index (κ2) is 8.91.